The topological polar surface area (TPSA) is 83.9 Å². The second-order valence-corrected chi connectivity index (χ2v) is 7.00. The van der Waals surface area contributed by atoms with Gasteiger partial charge in [-0.25, -0.2) is 13.2 Å². The summed E-state index contributed by atoms with van der Waals surface area (Å²) in [6, 6.07) is 3.51. The molecule has 1 N–H and O–H groups in total. The molecule has 6 nitrogen and oxygen atoms in total. The maximum absolute atomic E-state index is 12.7. The number of carbonyl (C=O) groups is 1. The highest BCUT2D eigenvalue weighted by Gasteiger charge is 2.36. The Morgan fingerprint density at radius 1 is 1.52 bits per heavy atom. The van der Waals surface area contributed by atoms with Crippen LogP contribution < -0.4 is 0 Å². The average Bonchev–Trinajstić information content (AvgIpc) is 2.96. The predicted molar refractivity (Wildman–Crippen MR) is 76.8 cm³/mol. The molecule has 1 fully saturated rings. The van der Waals surface area contributed by atoms with Crippen LogP contribution in [0, 0.1) is 0 Å². The Morgan fingerprint density at radius 2 is 2.24 bits per heavy atom. The SMILES string of the molecule is COC(=O)c1ccc(Cl)c(S(=O)(=O)N2CCC[C@@H]2CO)c1. The number of ether oxygens (including phenoxy) is 1. The first-order valence-corrected chi connectivity index (χ1v) is 8.24. The molecule has 2 rings (SSSR count). The van der Waals surface area contributed by atoms with Crippen molar-refractivity contribution in [1.29, 1.82) is 0 Å². The number of aliphatic hydroxyl groups is 1. The minimum atomic E-state index is -3.86. The molecule has 0 radical (unpaired) electrons. The number of carbonyl (C=O) groups excluding carboxylic acids is 1. The Bertz CT molecular complexity index is 646. The van der Waals surface area contributed by atoms with E-state index in [9.17, 15) is 18.3 Å². The number of methoxy groups -OCH3 is 1. The van der Waals surface area contributed by atoms with E-state index in [1.54, 1.807) is 0 Å². The van der Waals surface area contributed by atoms with Gasteiger partial charge in [-0.3, -0.25) is 0 Å². The van der Waals surface area contributed by atoms with Crippen LogP contribution in [0.4, 0.5) is 0 Å². The van der Waals surface area contributed by atoms with Gasteiger partial charge in [0.15, 0.2) is 0 Å². The molecule has 0 unspecified atom stereocenters. The van der Waals surface area contributed by atoms with Crippen molar-refractivity contribution in [3.05, 3.63) is 28.8 Å². The van der Waals surface area contributed by atoms with Crippen molar-refractivity contribution in [2.24, 2.45) is 0 Å². The summed E-state index contributed by atoms with van der Waals surface area (Å²) in [5, 5.41) is 9.32. The van der Waals surface area contributed by atoms with Crippen LogP contribution in [0.3, 0.4) is 0 Å². The number of sulfonamides is 1. The third-order valence-corrected chi connectivity index (χ3v) is 5.91. The van der Waals surface area contributed by atoms with E-state index in [1.807, 2.05) is 0 Å². The standard InChI is InChI=1S/C13H16ClNO5S/c1-20-13(17)9-4-5-11(14)12(7-9)21(18,19)15-6-2-3-10(15)8-16/h4-5,7,10,16H,2-3,6,8H2,1H3/t10-/m1/s1. The quantitative estimate of drug-likeness (QED) is 0.839. The van der Waals surface area contributed by atoms with Gasteiger partial charge in [-0.1, -0.05) is 11.6 Å². The molecule has 21 heavy (non-hydrogen) atoms. The highest BCUT2D eigenvalue weighted by atomic mass is 35.5. The number of esters is 1. The third-order valence-electron chi connectivity index (χ3n) is 3.47. The lowest BCUT2D eigenvalue weighted by molar-refractivity contribution is 0.0600. The number of halogens is 1. The van der Waals surface area contributed by atoms with Crippen LogP contribution in [0.25, 0.3) is 0 Å². The minimum absolute atomic E-state index is 0.0336. The second kappa shape index (κ2) is 6.31. The maximum atomic E-state index is 12.7. The fourth-order valence-corrected chi connectivity index (χ4v) is 4.57. The van der Waals surface area contributed by atoms with Crippen LogP contribution in [-0.4, -0.2) is 50.1 Å². The molecule has 0 amide bonds. The highest BCUT2D eigenvalue weighted by molar-refractivity contribution is 7.89. The van der Waals surface area contributed by atoms with Gasteiger partial charge in [0.25, 0.3) is 0 Å². The molecule has 1 saturated heterocycles. The summed E-state index contributed by atoms with van der Waals surface area (Å²) in [6.07, 6.45) is 1.28. The smallest absolute Gasteiger partial charge is 0.337 e. The number of hydrogen-bond acceptors (Lipinski definition) is 5. The van der Waals surface area contributed by atoms with E-state index >= 15 is 0 Å². The molecule has 0 spiro atoms. The summed E-state index contributed by atoms with van der Waals surface area (Å²) in [7, 11) is -2.65. The zero-order valence-corrected chi connectivity index (χ0v) is 13.0. The number of benzene rings is 1. The summed E-state index contributed by atoms with van der Waals surface area (Å²) in [5.41, 5.74) is 0.111. The monoisotopic (exact) mass is 333 g/mol. The Morgan fingerprint density at radius 3 is 2.86 bits per heavy atom. The van der Waals surface area contributed by atoms with Crippen LogP contribution in [0.1, 0.15) is 23.2 Å². The molecule has 1 atom stereocenters. The fraction of sp³-hybridized carbons (Fsp3) is 0.462. The second-order valence-electron chi connectivity index (χ2n) is 4.73. The lowest BCUT2D eigenvalue weighted by atomic mass is 10.2. The zero-order valence-electron chi connectivity index (χ0n) is 11.5. The van der Waals surface area contributed by atoms with E-state index < -0.39 is 22.0 Å². The fourth-order valence-electron chi connectivity index (χ4n) is 2.38. The van der Waals surface area contributed by atoms with Crippen molar-refractivity contribution in [2.75, 3.05) is 20.3 Å². The Balaban J connectivity index is 2.46. The van der Waals surface area contributed by atoms with Crippen LogP contribution in [0.2, 0.25) is 5.02 Å². The number of nitrogens with zero attached hydrogens (tertiary/aromatic N) is 1. The molecule has 1 aromatic carbocycles. The number of hydrogen-bond donors (Lipinski definition) is 1. The molecule has 0 aromatic heterocycles. The lowest BCUT2D eigenvalue weighted by Gasteiger charge is -2.23. The first-order chi connectivity index (χ1) is 9.91. The van der Waals surface area contributed by atoms with Gasteiger partial charge in [-0.2, -0.15) is 4.31 Å². The Hall–Kier alpha value is -1.15. The summed E-state index contributed by atoms with van der Waals surface area (Å²) in [5.74, 6) is -0.636. The molecular weight excluding hydrogens is 318 g/mol. The maximum Gasteiger partial charge on any atom is 0.337 e. The van der Waals surface area contributed by atoms with Gasteiger partial charge in [0.1, 0.15) is 4.90 Å². The molecular formula is C13H16ClNO5S. The normalized spacial score (nSPS) is 19.7. The van der Waals surface area contributed by atoms with E-state index in [-0.39, 0.29) is 22.1 Å². The van der Waals surface area contributed by atoms with Crippen molar-refractivity contribution in [1.82, 2.24) is 4.31 Å². The molecule has 1 aliphatic rings. The summed E-state index contributed by atoms with van der Waals surface area (Å²) in [4.78, 5) is 11.4. The Labute approximate surface area is 128 Å². The van der Waals surface area contributed by atoms with Gasteiger partial charge in [-0.15, -0.1) is 0 Å². The van der Waals surface area contributed by atoms with E-state index in [4.69, 9.17) is 11.6 Å². The zero-order chi connectivity index (χ0) is 15.6. The van der Waals surface area contributed by atoms with Crippen molar-refractivity contribution in [3.63, 3.8) is 0 Å². The average molecular weight is 334 g/mol. The number of aliphatic hydroxyl groups excluding tert-OH is 1. The molecule has 1 heterocycles. The van der Waals surface area contributed by atoms with Gasteiger partial charge in [-0.05, 0) is 31.0 Å². The third kappa shape index (κ3) is 3.06. The highest BCUT2D eigenvalue weighted by Crippen LogP contribution is 2.30. The first-order valence-electron chi connectivity index (χ1n) is 6.42. The van der Waals surface area contributed by atoms with Gasteiger partial charge < -0.3 is 9.84 Å². The van der Waals surface area contributed by atoms with Crippen molar-refractivity contribution >= 4 is 27.6 Å². The van der Waals surface area contributed by atoms with Crippen LogP contribution in [0.15, 0.2) is 23.1 Å². The first kappa shape index (κ1) is 16.2. The molecule has 1 aromatic rings. The Kier molecular flexibility index (Phi) is 4.88. The minimum Gasteiger partial charge on any atom is -0.465 e. The van der Waals surface area contributed by atoms with E-state index in [0.717, 1.165) is 0 Å². The molecule has 0 bridgehead atoms. The lowest BCUT2D eigenvalue weighted by Crippen LogP contribution is -2.37. The molecule has 116 valence electrons. The summed E-state index contributed by atoms with van der Waals surface area (Å²) < 4.78 is 31.1. The van der Waals surface area contributed by atoms with E-state index in [0.29, 0.717) is 19.4 Å². The van der Waals surface area contributed by atoms with Crippen molar-refractivity contribution in [3.8, 4) is 0 Å². The molecule has 0 aliphatic carbocycles. The van der Waals surface area contributed by atoms with Gasteiger partial charge >= 0.3 is 5.97 Å². The van der Waals surface area contributed by atoms with Gasteiger partial charge in [0.2, 0.25) is 10.0 Å². The van der Waals surface area contributed by atoms with Gasteiger partial charge in [0.05, 0.1) is 24.3 Å². The summed E-state index contributed by atoms with van der Waals surface area (Å²) >= 11 is 5.98. The largest absolute Gasteiger partial charge is 0.465 e. The van der Waals surface area contributed by atoms with Crippen LogP contribution >= 0.6 is 11.6 Å². The number of rotatable bonds is 4. The molecule has 8 heteroatoms. The van der Waals surface area contributed by atoms with Crippen LogP contribution in [0.5, 0.6) is 0 Å². The molecule has 0 saturated carbocycles. The predicted octanol–water partition coefficient (Wildman–Crippen LogP) is 1.27. The van der Waals surface area contributed by atoms with E-state index in [1.165, 1.54) is 29.6 Å². The van der Waals surface area contributed by atoms with Crippen LogP contribution in [-0.2, 0) is 14.8 Å². The van der Waals surface area contributed by atoms with Crippen molar-refractivity contribution in [2.45, 2.75) is 23.8 Å². The van der Waals surface area contributed by atoms with Gasteiger partial charge in [0, 0.05) is 12.6 Å². The molecule has 1 aliphatic heterocycles. The van der Waals surface area contributed by atoms with Crippen molar-refractivity contribution < 1.29 is 23.1 Å². The van der Waals surface area contributed by atoms with E-state index in [2.05, 4.69) is 4.74 Å². The summed E-state index contributed by atoms with van der Waals surface area (Å²) in [6.45, 7) is 0.0832.